The smallest absolute Gasteiger partial charge is 0.282 e. The van der Waals surface area contributed by atoms with Crippen LogP contribution in [0.2, 0.25) is 0 Å². The maximum absolute atomic E-state index is 12.2. The van der Waals surface area contributed by atoms with Gasteiger partial charge < -0.3 is 11.1 Å². The molecule has 7 heteroatoms. The van der Waals surface area contributed by atoms with Crippen LogP contribution in [0.5, 0.6) is 0 Å². The molecule has 0 aliphatic heterocycles. The molecule has 3 N–H and O–H groups in total. The Morgan fingerprint density at radius 2 is 1.95 bits per heavy atom. The molecule has 0 saturated heterocycles. The molecule has 6 nitrogen and oxygen atoms in total. The molecule has 0 unspecified atom stereocenters. The summed E-state index contributed by atoms with van der Waals surface area (Å²) in [4.78, 5) is 22.5. The number of amides is 1. The number of nitrogens with two attached hydrogens (primary N) is 1. The Balaban J connectivity index is 2.37. The number of carbonyl (C=O) groups excluding carboxylic acids is 1. The van der Waals surface area contributed by atoms with Crippen LogP contribution in [-0.2, 0) is 0 Å². The van der Waals surface area contributed by atoms with E-state index in [2.05, 4.69) is 21.2 Å². The van der Waals surface area contributed by atoms with Crippen molar-refractivity contribution in [2.45, 2.75) is 0 Å². The predicted octanol–water partition coefficient (Wildman–Crippen LogP) is 3.19. The Morgan fingerprint density at radius 1 is 1.25 bits per heavy atom. The van der Waals surface area contributed by atoms with Gasteiger partial charge in [0.2, 0.25) is 0 Å². The second kappa shape index (κ2) is 5.70. The minimum atomic E-state index is -0.617. The van der Waals surface area contributed by atoms with E-state index in [9.17, 15) is 14.9 Å². The number of nitrogens with one attached hydrogen (secondary N) is 1. The van der Waals surface area contributed by atoms with E-state index < -0.39 is 10.8 Å². The zero-order valence-electron chi connectivity index (χ0n) is 10.2. The van der Waals surface area contributed by atoms with Gasteiger partial charge >= 0.3 is 0 Å². The fourth-order valence-electron chi connectivity index (χ4n) is 1.65. The first kappa shape index (κ1) is 14.0. The van der Waals surface area contributed by atoms with E-state index in [1.54, 1.807) is 24.3 Å². The van der Waals surface area contributed by atoms with Crippen molar-refractivity contribution in [3.8, 4) is 0 Å². The third-order valence-electron chi connectivity index (χ3n) is 2.58. The van der Waals surface area contributed by atoms with Gasteiger partial charge in [-0.2, -0.15) is 0 Å². The molecule has 2 aromatic carbocycles. The number of nitrogens with zero attached hydrogens (tertiary/aromatic N) is 1. The van der Waals surface area contributed by atoms with Crippen molar-refractivity contribution >= 4 is 38.9 Å². The van der Waals surface area contributed by atoms with Gasteiger partial charge in [0.25, 0.3) is 11.6 Å². The summed E-state index contributed by atoms with van der Waals surface area (Å²) in [7, 11) is 0. The van der Waals surface area contributed by atoms with Gasteiger partial charge in [-0.15, -0.1) is 0 Å². The lowest BCUT2D eigenvalue weighted by Gasteiger charge is -2.08. The number of nitrogen functional groups attached to an aromatic ring is 1. The van der Waals surface area contributed by atoms with Crippen LogP contribution < -0.4 is 11.1 Å². The summed E-state index contributed by atoms with van der Waals surface area (Å²) in [5, 5.41) is 13.5. The second-order valence-electron chi connectivity index (χ2n) is 3.97. The number of benzene rings is 2. The molecule has 2 aromatic rings. The quantitative estimate of drug-likeness (QED) is 0.511. The molecule has 20 heavy (non-hydrogen) atoms. The Bertz CT molecular complexity index is 688. The third kappa shape index (κ3) is 2.94. The number of halogens is 1. The normalized spacial score (nSPS) is 10.1. The SMILES string of the molecule is Nc1ccc([N+](=O)[O-])c(C(=O)Nc2ccccc2Br)c1. The van der Waals surface area contributed by atoms with Gasteiger partial charge in [-0.1, -0.05) is 12.1 Å². The molecule has 102 valence electrons. The first-order valence-corrected chi connectivity index (χ1v) is 6.38. The minimum absolute atomic E-state index is 0.0780. The number of hydrogen-bond donors (Lipinski definition) is 2. The summed E-state index contributed by atoms with van der Waals surface area (Å²) in [6.45, 7) is 0. The number of anilines is 2. The summed E-state index contributed by atoms with van der Waals surface area (Å²) in [5.41, 5.74) is 6.02. The van der Waals surface area contributed by atoms with Crippen molar-refractivity contribution in [2.75, 3.05) is 11.1 Å². The highest BCUT2D eigenvalue weighted by Crippen LogP contribution is 2.25. The first-order chi connectivity index (χ1) is 9.49. The van der Waals surface area contributed by atoms with Crippen LogP contribution in [0.1, 0.15) is 10.4 Å². The number of carbonyl (C=O) groups is 1. The summed E-state index contributed by atoms with van der Waals surface area (Å²) >= 11 is 3.29. The monoisotopic (exact) mass is 335 g/mol. The Hall–Kier alpha value is -2.41. The van der Waals surface area contributed by atoms with Gasteiger partial charge in [0, 0.05) is 16.2 Å². The highest BCUT2D eigenvalue weighted by Gasteiger charge is 2.20. The molecule has 0 aliphatic carbocycles. The molecule has 1 amide bonds. The van der Waals surface area contributed by atoms with Gasteiger partial charge in [0.1, 0.15) is 5.56 Å². The number of nitro benzene ring substituents is 1. The van der Waals surface area contributed by atoms with E-state index in [1.165, 1.54) is 18.2 Å². The van der Waals surface area contributed by atoms with Crippen LogP contribution in [0.25, 0.3) is 0 Å². The number of nitro groups is 1. The number of hydrogen-bond acceptors (Lipinski definition) is 4. The van der Waals surface area contributed by atoms with E-state index in [-0.39, 0.29) is 16.9 Å². The Labute approximate surface area is 122 Å². The molecule has 0 aliphatic rings. The highest BCUT2D eigenvalue weighted by atomic mass is 79.9. The minimum Gasteiger partial charge on any atom is -0.399 e. The zero-order valence-corrected chi connectivity index (χ0v) is 11.8. The third-order valence-corrected chi connectivity index (χ3v) is 3.28. The van der Waals surface area contributed by atoms with Gasteiger partial charge in [-0.3, -0.25) is 14.9 Å². The zero-order chi connectivity index (χ0) is 14.7. The fraction of sp³-hybridized carbons (Fsp3) is 0. The van der Waals surface area contributed by atoms with Crippen molar-refractivity contribution in [1.29, 1.82) is 0 Å². The molecule has 0 spiro atoms. The maximum atomic E-state index is 12.2. The lowest BCUT2D eigenvalue weighted by atomic mass is 10.1. The summed E-state index contributed by atoms with van der Waals surface area (Å²) < 4.78 is 0.680. The van der Waals surface area contributed by atoms with Gasteiger partial charge in [-0.25, -0.2) is 0 Å². The second-order valence-corrected chi connectivity index (χ2v) is 4.82. The molecule has 0 aromatic heterocycles. The molecule has 0 radical (unpaired) electrons. The van der Waals surface area contributed by atoms with Crippen LogP contribution >= 0.6 is 15.9 Å². The standard InChI is InChI=1S/C13H10BrN3O3/c14-10-3-1-2-4-11(10)16-13(18)9-7-8(15)5-6-12(9)17(19)20/h1-7H,15H2,(H,16,18). The van der Waals surface area contributed by atoms with Crippen molar-refractivity contribution in [2.24, 2.45) is 0 Å². The summed E-state index contributed by atoms with van der Waals surface area (Å²) in [6, 6.07) is 10.8. The van der Waals surface area contributed by atoms with E-state index in [4.69, 9.17) is 5.73 Å². The van der Waals surface area contributed by atoms with Crippen LogP contribution in [0, 0.1) is 10.1 Å². The van der Waals surface area contributed by atoms with Crippen molar-refractivity contribution in [3.05, 3.63) is 62.6 Å². The molecule has 0 saturated carbocycles. The molecule has 0 bridgehead atoms. The Morgan fingerprint density at radius 3 is 2.60 bits per heavy atom. The number of rotatable bonds is 3. The maximum Gasteiger partial charge on any atom is 0.282 e. The van der Waals surface area contributed by atoms with Crippen LogP contribution in [0.4, 0.5) is 17.1 Å². The first-order valence-electron chi connectivity index (χ1n) is 5.59. The summed E-state index contributed by atoms with van der Waals surface area (Å²) in [6.07, 6.45) is 0. The van der Waals surface area contributed by atoms with E-state index in [0.29, 0.717) is 10.2 Å². The molecular weight excluding hydrogens is 326 g/mol. The largest absolute Gasteiger partial charge is 0.399 e. The Kier molecular flexibility index (Phi) is 3.99. The van der Waals surface area contributed by atoms with Crippen LogP contribution in [-0.4, -0.2) is 10.8 Å². The molecule has 0 fully saturated rings. The molecule has 2 rings (SSSR count). The molecule has 0 atom stereocenters. The highest BCUT2D eigenvalue weighted by molar-refractivity contribution is 9.10. The van der Waals surface area contributed by atoms with Gasteiger partial charge in [0.05, 0.1) is 10.6 Å². The predicted molar refractivity (Wildman–Crippen MR) is 79.6 cm³/mol. The summed E-state index contributed by atoms with van der Waals surface area (Å²) in [5.74, 6) is -0.587. The number of para-hydroxylation sites is 1. The lowest BCUT2D eigenvalue weighted by Crippen LogP contribution is -2.14. The van der Waals surface area contributed by atoms with E-state index in [0.717, 1.165) is 0 Å². The average molecular weight is 336 g/mol. The fourth-order valence-corrected chi connectivity index (χ4v) is 2.03. The molecule has 0 heterocycles. The van der Waals surface area contributed by atoms with Crippen molar-refractivity contribution in [1.82, 2.24) is 0 Å². The van der Waals surface area contributed by atoms with Crippen molar-refractivity contribution in [3.63, 3.8) is 0 Å². The molecular formula is C13H10BrN3O3. The van der Waals surface area contributed by atoms with Gasteiger partial charge in [-0.05, 0) is 40.2 Å². The topological polar surface area (TPSA) is 98.3 Å². The van der Waals surface area contributed by atoms with E-state index in [1.807, 2.05) is 0 Å². The lowest BCUT2D eigenvalue weighted by molar-refractivity contribution is -0.385. The van der Waals surface area contributed by atoms with E-state index >= 15 is 0 Å². The average Bonchev–Trinajstić information content (AvgIpc) is 2.40. The van der Waals surface area contributed by atoms with Crippen LogP contribution in [0.15, 0.2) is 46.9 Å². The van der Waals surface area contributed by atoms with Crippen LogP contribution in [0.3, 0.4) is 0 Å². The van der Waals surface area contributed by atoms with Gasteiger partial charge in [0.15, 0.2) is 0 Å². The van der Waals surface area contributed by atoms with Crippen molar-refractivity contribution < 1.29 is 9.72 Å².